The summed E-state index contributed by atoms with van der Waals surface area (Å²) < 4.78 is 0. The Kier molecular flexibility index (Phi) is 19.6. The van der Waals surface area contributed by atoms with E-state index in [2.05, 4.69) is 13.8 Å². The largest absolute Gasteiger partial charge is 0.0817 e. The fraction of sp³-hybridized carbons (Fsp3) is 1.00. The maximum Gasteiger partial charge on any atom is 0.00454 e. The van der Waals surface area contributed by atoms with Crippen LogP contribution in [0.2, 0.25) is 0 Å². The van der Waals surface area contributed by atoms with E-state index in [1.54, 1.807) is 0 Å². The molecule has 0 heterocycles. The van der Waals surface area contributed by atoms with Crippen molar-refractivity contribution in [1.29, 1.82) is 0 Å². The molecule has 0 aromatic rings. The molecule has 0 bridgehead atoms. The van der Waals surface area contributed by atoms with Crippen LogP contribution in [0.25, 0.3) is 0 Å². The van der Waals surface area contributed by atoms with Crippen molar-refractivity contribution in [2.45, 2.75) is 65.2 Å². The van der Waals surface area contributed by atoms with E-state index in [9.17, 15) is 0 Å². The van der Waals surface area contributed by atoms with Gasteiger partial charge in [0.15, 0.2) is 0 Å². The molecule has 0 fully saturated rings. The zero-order valence-corrected chi connectivity index (χ0v) is 15.2. The normalized spacial score (nSPS) is 10.9. The topological polar surface area (TPSA) is 0 Å². The molecule has 0 aliphatic heterocycles. The predicted octanol–water partition coefficient (Wildman–Crippen LogP) is 7.47. The van der Waals surface area contributed by atoms with Crippen molar-refractivity contribution in [2.24, 2.45) is 0 Å². The van der Waals surface area contributed by atoms with Gasteiger partial charge in [-0.15, -0.1) is 0 Å². The maximum atomic E-state index is 2.27. The van der Waals surface area contributed by atoms with Crippen LogP contribution < -0.4 is 0 Å². The summed E-state index contributed by atoms with van der Waals surface area (Å²) in [5.74, 6) is 2.64. The highest BCUT2D eigenvalue weighted by Crippen LogP contribution is 2.48. The van der Waals surface area contributed by atoms with Gasteiger partial charge < -0.3 is 0 Å². The van der Waals surface area contributed by atoms with E-state index in [0.717, 1.165) is 0 Å². The van der Waals surface area contributed by atoms with Gasteiger partial charge in [0.1, 0.15) is 0 Å². The highest BCUT2D eigenvalue weighted by atomic mass is 33.8. The van der Waals surface area contributed by atoms with Gasteiger partial charge in [0.2, 0.25) is 0 Å². The summed E-state index contributed by atoms with van der Waals surface area (Å²) in [6, 6.07) is 0. The van der Waals surface area contributed by atoms with Crippen LogP contribution in [0.5, 0.6) is 0 Å². The van der Waals surface area contributed by atoms with E-state index in [-0.39, 0.29) is 0 Å². The monoisotopic (exact) mass is 330 g/mol. The molecule has 0 radical (unpaired) electrons. The van der Waals surface area contributed by atoms with Gasteiger partial charge in [-0.25, -0.2) is 0 Å². The van der Waals surface area contributed by atoms with Crippen molar-refractivity contribution < 1.29 is 0 Å². The molecular formula is C12H26S5. The lowest BCUT2D eigenvalue weighted by molar-refractivity contribution is 0.707. The van der Waals surface area contributed by atoms with Gasteiger partial charge in [-0.1, -0.05) is 74.0 Å². The minimum Gasteiger partial charge on any atom is -0.0817 e. The minimum atomic E-state index is 1.32. The van der Waals surface area contributed by atoms with Gasteiger partial charge in [0.05, 0.1) is 0 Å². The number of unbranched alkanes of at least 4 members (excludes halogenated alkanes) is 6. The fourth-order valence-electron chi connectivity index (χ4n) is 1.29. The summed E-state index contributed by atoms with van der Waals surface area (Å²) in [5.41, 5.74) is 0. The molecule has 104 valence electrons. The van der Waals surface area contributed by atoms with Crippen molar-refractivity contribution in [1.82, 2.24) is 0 Å². The molecule has 0 saturated carbocycles. The smallest absolute Gasteiger partial charge is 0.00454 e. The average Bonchev–Trinajstić information content (AvgIpc) is 2.35. The Balaban J connectivity index is 2.85. The fourth-order valence-corrected chi connectivity index (χ4v) is 10.3. The van der Waals surface area contributed by atoms with E-state index in [1.807, 2.05) is 51.1 Å². The van der Waals surface area contributed by atoms with Crippen LogP contribution in [0, 0.1) is 0 Å². The second kappa shape index (κ2) is 17.8. The van der Waals surface area contributed by atoms with Crippen LogP contribution in [0.1, 0.15) is 65.2 Å². The molecule has 0 N–H and O–H groups in total. The van der Waals surface area contributed by atoms with Gasteiger partial charge in [0.25, 0.3) is 0 Å². The van der Waals surface area contributed by atoms with Crippen LogP contribution in [-0.4, -0.2) is 11.5 Å². The highest BCUT2D eigenvalue weighted by molar-refractivity contribution is 9.35. The summed E-state index contributed by atoms with van der Waals surface area (Å²) in [6.45, 7) is 4.54. The second-order valence-electron chi connectivity index (χ2n) is 3.97. The van der Waals surface area contributed by atoms with E-state index in [1.165, 1.54) is 62.9 Å². The van der Waals surface area contributed by atoms with Gasteiger partial charge in [-0.3, -0.25) is 0 Å². The Hall–Kier alpha value is 1.75. The highest BCUT2D eigenvalue weighted by Gasteiger charge is 1.95. The first-order valence-corrected chi connectivity index (χ1v) is 13.1. The van der Waals surface area contributed by atoms with Crippen molar-refractivity contribution in [3.05, 3.63) is 0 Å². The Morgan fingerprint density at radius 1 is 0.529 bits per heavy atom. The molecule has 0 spiro atoms. The summed E-state index contributed by atoms with van der Waals surface area (Å²) in [4.78, 5) is 0. The quantitative estimate of drug-likeness (QED) is 0.238. The van der Waals surface area contributed by atoms with Crippen LogP contribution in [-0.2, 0) is 0 Å². The molecule has 0 aromatic heterocycles. The molecule has 0 aliphatic rings. The Morgan fingerprint density at radius 2 is 1.00 bits per heavy atom. The standard InChI is InChI=1S/C12H26S5/c1-3-5-7-9-11-13-15-17-16-14-12-10-8-6-4-2/h3-12H2,1-2H3. The second-order valence-corrected chi connectivity index (χ2v) is 12.0. The maximum absolute atomic E-state index is 2.27. The molecule has 0 aliphatic carbocycles. The van der Waals surface area contributed by atoms with Crippen molar-refractivity contribution in [3.63, 3.8) is 0 Å². The molecular weight excluding hydrogens is 304 g/mol. The first-order valence-electron chi connectivity index (χ1n) is 6.66. The molecule has 0 aromatic carbocycles. The lowest BCUT2D eigenvalue weighted by Gasteiger charge is -2.00. The van der Waals surface area contributed by atoms with Crippen molar-refractivity contribution >= 4 is 51.1 Å². The van der Waals surface area contributed by atoms with E-state index < -0.39 is 0 Å². The summed E-state index contributed by atoms with van der Waals surface area (Å²) >= 11 is 0. The number of rotatable bonds is 14. The lowest BCUT2D eigenvalue weighted by atomic mass is 10.2. The number of hydrogen-bond donors (Lipinski definition) is 0. The molecule has 5 heteroatoms. The predicted molar refractivity (Wildman–Crippen MR) is 96.0 cm³/mol. The van der Waals surface area contributed by atoms with Crippen LogP contribution in [0.3, 0.4) is 0 Å². The molecule has 0 nitrogen and oxygen atoms in total. The van der Waals surface area contributed by atoms with E-state index >= 15 is 0 Å². The third-order valence-electron chi connectivity index (χ3n) is 2.31. The first kappa shape index (κ1) is 18.8. The first-order chi connectivity index (χ1) is 8.41. The average molecular weight is 331 g/mol. The Morgan fingerprint density at radius 3 is 1.41 bits per heavy atom. The third kappa shape index (κ3) is 17.8. The van der Waals surface area contributed by atoms with Crippen LogP contribution in [0.4, 0.5) is 0 Å². The molecule has 0 rings (SSSR count). The van der Waals surface area contributed by atoms with Crippen molar-refractivity contribution in [3.8, 4) is 0 Å². The zero-order chi connectivity index (χ0) is 12.6. The number of hydrogen-bond acceptors (Lipinski definition) is 5. The summed E-state index contributed by atoms with van der Waals surface area (Å²) in [5, 5.41) is 0. The zero-order valence-electron chi connectivity index (χ0n) is 11.1. The lowest BCUT2D eigenvalue weighted by Crippen LogP contribution is -1.77. The van der Waals surface area contributed by atoms with Crippen LogP contribution in [0.15, 0.2) is 0 Å². The van der Waals surface area contributed by atoms with Gasteiger partial charge in [-0.05, 0) is 42.3 Å². The molecule has 17 heavy (non-hydrogen) atoms. The SMILES string of the molecule is CCCCCCSSSSSCCCCCC. The Bertz CT molecular complexity index is 118. The van der Waals surface area contributed by atoms with Gasteiger partial charge in [0, 0.05) is 11.5 Å². The minimum absolute atomic E-state index is 1.32. The summed E-state index contributed by atoms with van der Waals surface area (Å²) in [6.07, 6.45) is 11.1. The van der Waals surface area contributed by atoms with Crippen LogP contribution >= 0.6 is 51.1 Å². The van der Waals surface area contributed by atoms with E-state index in [0.29, 0.717) is 0 Å². The van der Waals surface area contributed by atoms with Gasteiger partial charge in [-0.2, -0.15) is 0 Å². The molecule has 0 amide bonds. The van der Waals surface area contributed by atoms with Gasteiger partial charge >= 0.3 is 0 Å². The molecule has 0 atom stereocenters. The van der Waals surface area contributed by atoms with E-state index in [4.69, 9.17) is 0 Å². The third-order valence-corrected chi connectivity index (χ3v) is 11.2. The molecule has 0 saturated heterocycles. The van der Waals surface area contributed by atoms with Crippen molar-refractivity contribution in [2.75, 3.05) is 11.5 Å². The summed E-state index contributed by atoms with van der Waals surface area (Å²) in [7, 11) is 9.89. The molecule has 0 unspecified atom stereocenters. The Labute approximate surface area is 127 Å².